The SMILES string of the molecule is CCc1nc(Cl)nc(N2CC[S+]([O-])CC2)c1[N+](=O)[O-]. The molecule has 0 spiro atoms. The number of nitro groups is 1. The van der Waals surface area contributed by atoms with Crippen LogP contribution < -0.4 is 4.90 Å². The van der Waals surface area contributed by atoms with Crippen LogP contribution in [-0.2, 0) is 17.6 Å². The monoisotopic (exact) mass is 304 g/mol. The number of hydrogen-bond acceptors (Lipinski definition) is 6. The zero-order valence-corrected chi connectivity index (χ0v) is 11.9. The van der Waals surface area contributed by atoms with Crippen molar-refractivity contribution < 1.29 is 9.48 Å². The highest BCUT2D eigenvalue weighted by molar-refractivity contribution is 7.91. The Morgan fingerprint density at radius 3 is 2.58 bits per heavy atom. The number of nitrogens with zero attached hydrogens (tertiary/aromatic N) is 4. The summed E-state index contributed by atoms with van der Waals surface area (Å²) >= 11 is 4.97. The Morgan fingerprint density at radius 2 is 2.05 bits per heavy atom. The highest BCUT2D eigenvalue weighted by atomic mass is 35.5. The van der Waals surface area contributed by atoms with Crippen LogP contribution in [0.5, 0.6) is 0 Å². The maximum absolute atomic E-state index is 11.3. The summed E-state index contributed by atoms with van der Waals surface area (Å²) < 4.78 is 11.3. The highest BCUT2D eigenvalue weighted by Crippen LogP contribution is 2.31. The third-order valence-corrected chi connectivity index (χ3v) is 4.35. The maximum atomic E-state index is 11.3. The molecule has 0 amide bonds. The Kier molecular flexibility index (Phi) is 4.43. The van der Waals surface area contributed by atoms with E-state index in [0.29, 0.717) is 36.7 Å². The smallest absolute Gasteiger partial charge is 0.332 e. The molecule has 1 aliphatic rings. The standard InChI is InChI=1S/C10H13ClN4O3S/c1-2-7-8(15(16)17)9(13-10(11)12-7)14-3-5-19(18)6-4-14/h2-6H2,1H3. The second-order valence-electron chi connectivity index (χ2n) is 4.06. The quantitative estimate of drug-likeness (QED) is 0.360. The number of halogens is 1. The first-order chi connectivity index (χ1) is 9.02. The summed E-state index contributed by atoms with van der Waals surface area (Å²) in [4.78, 5) is 20.4. The van der Waals surface area contributed by atoms with Gasteiger partial charge in [0.15, 0.2) is 0 Å². The molecule has 0 bridgehead atoms. The number of anilines is 1. The van der Waals surface area contributed by atoms with Crippen LogP contribution in [0.4, 0.5) is 11.5 Å². The summed E-state index contributed by atoms with van der Waals surface area (Å²) in [7, 11) is 0. The molecule has 0 saturated carbocycles. The van der Waals surface area contributed by atoms with Crippen molar-refractivity contribution in [1.29, 1.82) is 0 Å². The van der Waals surface area contributed by atoms with Crippen molar-refractivity contribution in [1.82, 2.24) is 9.97 Å². The molecule has 19 heavy (non-hydrogen) atoms. The van der Waals surface area contributed by atoms with Crippen molar-refractivity contribution in [2.75, 3.05) is 29.5 Å². The van der Waals surface area contributed by atoms with E-state index in [9.17, 15) is 14.7 Å². The average Bonchev–Trinajstić information content (AvgIpc) is 2.38. The summed E-state index contributed by atoms with van der Waals surface area (Å²) in [6, 6.07) is 0. The first kappa shape index (κ1) is 14.3. The number of aromatic nitrogens is 2. The minimum atomic E-state index is -0.852. The van der Waals surface area contributed by atoms with E-state index in [2.05, 4.69) is 9.97 Å². The molecule has 104 valence electrons. The van der Waals surface area contributed by atoms with Crippen LogP contribution in [0.3, 0.4) is 0 Å². The van der Waals surface area contributed by atoms with Crippen molar-refractivity contribution in [3.05, 3.63) is 21.1 Å². The highest BCUT2D eigenvalue weighted by Gasteiger charge is 2.30. The molecular weight excluding hydrogens is 292 g/mol. The van der Waals surface area contributed by atoms with Crippen LogP contribution in [0.15, 0.2) is 0 Å². The summed E-state index contributed by atoms with van der Waals surface area (Å²) in [5.41, 5.74) is 0.228. The van der Waals surface area contributed by atoms with Crippen LogP contribution >= 0.6 is 11.6 Å². The molecule has 1 saturated heterocycles. The van der Waals surface area contributed by atoms with Gasteiger partial charge >= 0.3 is 5.69 Å². The summed E-state index contributed by atoms with van der Waals surface area (Å²) in [6.45, 7) is 2.73. The summed E-state index contributed by atoms with van der Waals surface area (Å²) in [5, 5.41) is 11.2. The molecule has 9 heteroatoms. The number of hydrogen-bond donors (Lipinski definition) is 0. The molecule has 1 aromatic rings. The van der Waals surface area contributed by atoms with Gasteiger partial charge in [-0.1, -0.05) is 18.1 Å². The van der Waals surface area contributed by atoms with Gasteiger partial charge in [-0.25, -0.2) is 4.98 Å². The topological polar surface area (TPSA) is 95.2 Å². The Labute approximate surface area is 118 Å². The van der Waals surface area contributed by atoms with Gasteiger partial charge in [0.1, 0.15) is 17.2 Å². The Morgan fingerprint density at radius 1 is 1.42 bits per heavy atom. The van der Waals surface area contributed by atoms with E-state index in [-0.39, 0.29) is 16.8 Å². The van der Waals surface area contributed by atoms with Gasteiger partial charge in [-0.2, -0.15) is 4.98 Å². The van der Waals surface area contributed by atoms with Crippen LogP contribution in [0.1, 0.15) is 12.6 Å². The molecule has 0 atom stereocenters. The predicted molar refractivity (Wildman–Crippen MR) is 73.2 cm³/mol. The first-order valence-corrected chi connectivity index (χ1v) is 7.70. The van der Waals surface area contributed by atoms with E-state index in [1.165, 1.54) is 0 Å². The van der Waals surface area contributed by atoms with E-state index in [4.69, 9.17) is 11.6 Å². The van der Waals surface area contributed by atoms with Crippen LogP contribution in [0, 0.1) is 10.1 Å². The van der Waals surface area contributed by atoms with Gasteiger partial charge in [0.25, 0.3) is 0 Å². The lowest BCUT2D eigenvalue weighted by Crippen LogP contribution is -2.41. The normalized spacial score (nSPS) is 16.7. The molecule has 0 aliphatic carbocycles. The minimum absolute atomic E-state index is 0.00384. The maximum Gasteiger partial charge on any atom is 0.332 e. The van der Waals surface area contributed by atoms with E-state index in [0.717, 1.165) is 0 Å². The molecule has 1 fully saturated rings. The minimum Gasteiger partial charge on any atom is -0.616 e. The molecule has 0 N–H and O–H groups in total. The van der Waals surface area contributed by atoms with Gasteiger partial charge in [-0.05, 0) is 18.0 Å². The van der Waals surface area contributed by atoms with Crippen LogP contribution in [-0.4, -0.2) is 44.0 Å². The molecule has 1 aromatic heterocycles. The Bertz CT molecular complexity index is 494. The molecular formula is C10H13ClN4O3S. The molecule has 2 rings (SSSR count). The largest absolute Gasteiger partial charge is 0.616 e. The van der Waals surface area contributed by atoms with E-state index < -0.39 is 16.1 Å². The molecule has 0 unspecified atom stereocenters. The van der Waals surface area contributed by atoms with Crippen LogP contribution in [0.2, 0.25) is 5.28 Å². The van der Waals surface area contributed by atoms with Crippen molar-refractivity contribution in [2.24, 2.45) is 0 Å². The van der Waals surface area contributed by atoms with Crippen molar-refractivity contribution >= 4 is 34.3 Å². The lowest BCUT2D eigenvalue weighted by molar-refractivity contribution is -0.385. The third kappa shape index (κ3) is 3.07. The second-order valence-corrected chi connectivity index (χ2v) is 6.09. The zero-order chi connectivity index (χ0) is 14.0. The third-order valence-electron chi connectivity index (χ3n) is 2.91. The Balaban J connectivity index is 2.43. The van der Waals surface area contributed by atoms with Gasteiger partial charge in [0.2, 0.25) is 11.1 Å². The van der Waals surface area contributed by atoms with Gasteiger partial charge in [0.05, 0.1) is 18.0 Å². The first-order valence-electron chi connectivity index (χ1n) is 5.83. The van der Waals surface area contributed by atoms with E-state index in [1.54, 1.807) is 11.8 Å². The lowest BCUT2D eigenvalue weighted by atomic mass is 10.2. The fraction of sp³-hybridized carbons (Fsp3) is 0.600. The Hall–Kier alpha value is -1.12. The molecule has 7 nitrogen and oxygen atoms in total. The average molecular weight is 305 g/mol. The van der Waals surface area contributed by atoms with Gasteiger partial charge in [-0.15, -0.1) is 0 Å². The number of aryl methyl sites for hydroxylation is 1. The predicted octanol–water partition coefficient (Wildman–Crippen LogP) is 1.17. The number of rotatable bonds is 3. The summed E-state index contributed by atoms with van der Waals surface area (Å²) in [5.74, 6) is 1.21. The molecule has 1 aliphatic heterocycles. The molecule has 2 heterocycles. The lowest BCUT2D eigenvalue weighted by Gasteiger charge is -2.28. The van der Waals surface area contributed by atoms with E-state index in [1.807, 2.05) is 0 Å². The molecule has 0 aromatic carbocycles. The van der Waals surface area contributed by atoms with Crippen molar-refractivity contribution in [3.8, 4) is 0 Å². The van der Waals surface area contributed by atoms with E-state index >= 15 is 0 Å². The van der Waals surface area contributed by atoms with Gasteiger partial charge < -0.3 is 9.45 Å². The zero-order valence-electron chi connectivity index (χ0n) is 10.3. The second kappa shape index (κ2) is 5.89. The van der Waals surface area contributed by atoms with Crippen LogP contribution in [0.25, 0.3) is 0 Å². The van der Waals surface area contributed by atoms with Crippen molar-refractivity contribution in [3.63, 3.8) is 0 Å². The fourth-order valence-corrected chi connectivity index (χ4v) is 3.20. The van der Waals surface area contributed by atoms with Crippen molar-refractivity contribution in [2.45, 2.75) is 13.3 Å². The van der Waals surface area contributed by atoms with Gasteiger partial charge in [0, 0.05) is 0 Å². The molecule has 0 radical (unpaired) electrons. The summed E-state index contributed by atoms with van der Waals surface area (Å²) in [6.07, 6.45) is 0.408. The fourth-order valence-electron chi connectivity index (χ4n) is 1.96. The van der Waals surface area contributed by atoms with Gasteiger partial charge in [-0.3, -0.25) is 10.1 Å².